The number of amides is 2. The molecule has 6 nitrogen and oxygen atoms in total. The average Bonchev–Trinajstić information content (AvgIpc) is 3.14. The minimum atomic E-state index is -0.203. The summed E-state index contributed by atoms with van der Waals surface area (Å²) in [4.78, 5) is 30.6. The predicted molar refractivity (Wildman–Crippen MR) is 107 cm³/mol. The van der Waals surface area contributed by atoms with Crippen LogP contribution in [0.2, 0.25) is 5.02 Å². The van der Waals surface area contributed by atoms with E-state index in [1.54, 1.807) is 11.0 Å². The van der Waals surface area contributed by atoms with Gasteiger partial charge in [0.2, 0.25) is 11.8 Å². The lowest BCUT2D eigenvalue weighted by molar-refractivity contribution is -0.131. The Morgan fingerprint density at radius 1 is 1.26 bits per heavy atom. The van der Waals surface area contributed by atoms with Crippen molar-refractivity contribution in [3.8, 4) is 11.3 Å². The van der Waals surface area contributed by atoms with Crippen molar-refractivity contribution in [2.75, 3.05) is 31.6 Å². The standard InChI is InChI=1S/C19H20ClN3O3S/c1-13(18(25)23-8-10-26-11-9-23)6-7-17(24)22-19-21-16(12-27-19)14-4-2-3-5-15(14)20/h2-5,12H,1,6-11H2,(H,21,22,24). The zero-order chi connectivity index (χ0) is 19.2. The third-order valence-electron chi connectivity index (χ3n) is 4.15. The van der Waals surface area contributed by atoms with Crippen molar-refractivity contribution in [3.05, 3.63) is 46.8 Å². The molecule has 8 heteroatoms. The molecule has 1 fully saturated rings. The molecule has 0 aliphatic carbocycles. The summed E-state index contributed by atoms with van der Waals surface area (Å²) in [6.45, 7) is 6.03. The van der Waals surface area contributed by atoms with Crippen molar-refractivity contribution < 1.29 is 14.3 Å². The second-order valence-corrected chi connectivity index (χ2v) is 7.34. The predicted octanol–water partition coefficient (Wildman–Crippen LogP) is 3.60. The van der Waals surface area contributed by atoms with E-state index in [9.17, 15) is 9.59 Å². The first-order chi connectivity index (χ1) is 13.0. The maximum Gasteiger partial charge on any atom is 0.249 e. The number of carbonyl (C=O) groups excluding carboxylic acids is 2. The molecule has 1 saturated heterocycles. The number of rotatable bonds is 6. The molecule has 2 amide bonds. The molecule has 0 spiro atoms. The summed E-state index contributed by atoms with van der Waals surface area (Å²) in [6, 6.07) is 7.41. The minimum absolute atomic E-state index is 0.110. The summed E-state index contributed by atoms with van der Waals surface area (Å²) >= 11 is 7.51. The third-order valence-corrected chi connectivity index (χ3v) is 5.24. The van der Waals surface area contributed by atoms with Crippen molar-refractivity contribution in [2.24, 2.45) is 0 Å². The zero-order valence-corrected chi connectivity index (χ0v) is 16.3. The second-order valence-electron chi connectivity index (χ2n) is 6.07. The van der Waals surface area contributed by atoms with Gasteiger partial charge in [-0.25, -0.2) is 4.98 Å². The van der Waals surface area contributed by atoms with Gasteiger partial charge in [0, 0.05) is 41.0 Å². The molecule has 2 aromatic rings. The molecule has 1 aromatic heterocycles. The maximum atomic E-state index is 12.3. The highest BCUT2D eigenvalue weighted by Gasteiger charge is 2.20. The smallest absolute Gasteiger partial charge is 0.249 e. The van der Waals surface area contributed by atoms with Crippen LogP contribution in [-0.4, -0.2) is 48.0 Å². The molecule has 1 aliphatic heterocycles. The molecule has 1 aromatic carbocycles. The summed E-state index contributed by atoms with van der Waals surface area (Å²) in [7, 11) is 0. The monoisotopic (exact) mass is 405 g/mol. The number of nitrogens with zero attached hydrogens (tertiary/aromatic N) is 2. The lowest BCUT2D eigenvalue weighted by Gasteiger charge is -2.27. The fourth-order valence-electron chi connectivity index (χ4n) is 2.67. The van der Waals surface area contributed by atoms with Crippen molar-refractivity contribution in [1.82, 2.24) is 9.88 Å². The fraction of sp³-hybridized carbons (Fsp3) is 0.316. The van der Waals surface area contributed by atoms with Crippen molar-refractivity contribution in [3.63, 3.8) is 0 Å². The summed E-state index contributed by atoms with van der Waals surface area (Å²) in [5, 5.41) is 5.72. The summed E-state index contributed by atoms with van der Waals surface area (Å²) in [6.07, 6.45) is 0.487. The number of ether oxygens (including phenoxy) is 1. The van der Waals surface area contributed by atoms with Gasteiger partial charge in [0.25, 0.3) is 0 Å². The number of morpholine rings is 1. The van der Waals surface area contributed by atoms with E-state index in [2.05, 4.69) is 16.9 Å². The van der Waals surface area contributed by atoms with E-state index in [0.717, 1.165) is 5.56 Å². The van der Waals surface area contributed by atoms with Crippen LogP contribution in [0.15, 0.2) is 41.8 Å². The number of hydrogen-bond donors (Lipinski definition) is 1. The Morgan fingerprint density at radius 3 is 2.74 bits per heavy atom. The Labute approximate surface area is 166 Å². The topological polar surface area (TPSA) is 71.5 Å². The van der Waals surface area contributed by atoms with Crippen LogP contribution in [0.1, 0.15) is 12.8 Å². The Bertz CT molecular complexity index is 846. The molecule has 1 aliphatic rings. The van der Waals surface area contributed by atoms with Gasteiger partial charge >= 0.3 is 0 Å². The number of halogens is 1. The SMILES string of the molecule is C=C(CCC(=O)Nc1nc(-c2ccccc2Cl)cs1)C(=O)N1CCOCC1. The van der Waals surface area contributed by atoms with Gasteiger partial charge in [-0.3, -0.25) is 9.59 Å². The highest BCUT2D eigenvalue weighted by molar-refractivity contribution is 7.14. The number of thiazole rings is 1. The Hall–Kier alpha value is -2.22. The molecule has 0 radical (unpaired) electrons. The quantitative estimate of drug-likeness (QED) is 0.745. The van der Waals surface area contributed by atoms with Crippen LogP contribution in [0.5, 0.6) is 0 Å². The number of anilines is 1. The summed E-state index contributed by atoms with van der Waals surface area (Å²) in [5.41, 5.74) is 1.97. The molecule has 0 unspecified atom stereocenters. The van der Waals surface area contributed by atoms with Crippen LogP contribution in [0.3, 0.4) is 0 Å². The number of benzene rings is 1. The summed E-state index contributed by atoms with van der Waals surface area (Å²) in [5.74, 6) is -0.313. The average molecular weight is 406 g/mol. The highest BCUT2D eigenvalue weighted by Crippen LogP contribution is 2.30. The first-order valence-electron chi connectivity index (χ1n) is 8.59. The maximum absolute atomic E-state index is 12.3. The van der Waals surface area contributed by atoms with Crippen LogP contribution in [-0.2, 0) is 14.3 Å². The first kappa shape index (κ1) is 19.5. The molecule has 3 rings (SSSR count). The Kier molecular flexibility index (Phi) is 6.60. The lowest BCUT2D eigenvalue weighted by atomic mass is 10.1. The minimum Gasteiger partial charge on any atom is -0.378 e. The molecule has 1 N–H and O–H groups in total. The Balaban J connectivity index is 1.50. The number of carbonyl (C=O) groups is 2. The largest absolute Gasteiger partial charge is 0.378 e. The Morgan fingerprint density at radius 2 is 2.00 bits per heavy atom. The van der Waals surface area contributed by atoms with Crippen molar-refractivity contribution in [2.45, 2.75) is 12.8 Å². The molecular weight excluding hydrogens is 386 g/mol. The van der Waals surface area contributed by atoms with E-state index in [-0.39, 0.29) is 18.2 Å². The molecule has 27 heavy (non-hydrogen) atoms. The van der Waals surface area contributed by atoms with Crippen LogP contribution < -0.4 is 5.32 Å². The highest BCUT2D eigenvalue weighted by atomic mass is 35.5. The van der Waals surface area contributed by atoms with Crippen LogP contribution in [0, 0.1) is 0 Å². The molecule has 0 bridgehead atoms. The van der Waals surface area contributed by atoms with Gasteiger partial charge in [0.05, 0.1) is 18.9 Å². The van der Waals surface area contributed by atoms with Gasteiger partial charge in [-0.15, -0.1) is 11.3 Å². The zero-order valence-electron chi connectivity index (χ0n) is 14.7. The third kappa shape index (κ3) is 5.15. The first-order valence-corrected chi connectivity index (χ1v) is 9.85. The van der Waals surface area contributed by atoms with Gasteiger partial charge in [0.1, 0.15) is 0 Å². The number of hydrogen-bond acceptors (Lipinski definition) is 5. The molecule has 0 saturated carbocycles. The lowest BCUT2D eigenvalue weighted by Crippen LogP contribution is -2.41. The summed E-state index contributed by atoms with van der Waals surface area (Å²) < 4.78 is 5.23. The van der Waals surface area contributed by atoms with E-state index < -0.39 is 0 Å². The van der Waals surface area contributed by atoms with E-state index >= 15 is 0 Å². The normalized spacial score (nSPS) is 14.0. The second kappa shape index (κ2) is 9.12. The molecule has 0 atom stereocenters. The van der Waals surface area contributed by atoms with Gasteiger partial charge in [0.15, 0.2) is 5.13 Å². The van der Waals surface area contributed by atoms with E-state index in [1.165, 1.54) is 11.3 Å². The van der Waals surface area contributed by atoms with E-state index in [4.69, 9.17) is 16.3 Å². The van der Waals surface area contributed by atoms with Gasteiger partial charge in [-0.05, 0) is 12.5 Å². The number of aromatic nitrogens is 1. The van der Waals surface area contributed by atoms with Gasteiger partial charge in [-0.2, -0.15) is 0 Å². The molecule has 142 valence electrons. The van der Waals surface area contributed by atoms with Crippen molar-refractivity contribution >= 4 is 39.9 Å². The van der Waals surface area contributed by atoms with E-state index in [1.807, 2.05) is 23.6 Å². The number of nitrogens with one attached hydrogen (secondary N) is 1. The van der Waals surface area contributed by atoms with Crippen molar-refractivity contribution in [1.29, 1.82) is 0 Å². The molecule has 2 heterocycles. The van der Waals surface area contributed by atoms with Crippen LogP contribution in [0.4, 0.5) is 5.13 Å². The van der Waals surface area contributed by atoms with Gasteiger partial charge in [-0.1, -0.05) is 36.4 Å². The van der Waals surface area contributed by atoms with Gasteiger partial charge < -0.3 is 15.0 Å². The van der Waals surface area contributed by atoms with Crippen LogP contribution >= 0.6 is 22.9 Å². The van der Waals surface area contributed by atoms with E-state index in [0.29, 0.717) is 54.1 Å². The molecular formula is C19H20ClN3O3S. The fourth-order valence-corrected chi connectivity index (χ4v) is 3.63. The van der Waals surface area contributed by atoms with Crippen LogP contribution in [0.25, 0.3) is 11.3 Å².